The van der Waals surface area contributed by atoms with E-state index < -0.39 is 0 Å². The highest BCUT2D eigenvalue weighted by Gasteiger charge is 2.12. The van der Waals surface area contributed by atoms with Crippen LogP contribution in [-0.4, -0.2) is 4.98 Å². The maximum absolute atomic E-state index is 5.95. The Morgan fingerprint density at radius 1 is 1.17 bits per heavy atom. The molecule has 0 saturated carbocycles. The number of rotatable bonds is 4. The monoisotopic (exact) mass is 281 g/mol. The maximum atomic E-state index is 5.95. The van der Waals surface area contributed by atoms with Gasteiger partial charge in [0.25, 0.3) is 0 Å². The molecule has 0 bridgehead atoms. The Bertz CT molecular complexity index is 514. The lowest BCUT2D eigenvalue weighted by atomic mass is 10.0. The van der Waals surface area contributed by atoms with Gasteiger partial charge in [0.05, 0.1) is 16.8 Å². The molecule has 18 heavy (non-hydrogen) atoms. The highest BCUT2D eigenvalue weighted by Crippen LogP contribution is 2.19. The molecule has 94 valence electrons. The first-order chi connectivity index (χ1) is 8.69. The summed E-state index contributed by atoms with van der Waals surface area (Å²) in [5, 5.41) is 1.32. The fourth-order valence-corrected chi connectivity index (χ4v) is 2.07. The number of nitrogens with one attached hydrogen (secondary N) is 1. The molecule has 1 aromatic carbocycles. The quantitative estimate of drug-likeness (QED) is 0.669. The Kier molecular flexibility index (Phi) is 4.55. The summed E-state index contributed by atoms with van der Waals surface area (Å²) >= 11 is 11.8. The van der Waals surface area contributed by atoms with Crippen molar-refractivity contribution in [2.45, 2.75) is 12.5 Å². The Morgan fingerprint density at radius 2 is 2.00 bits per heavy atom. The van der Waals surface area contributed by atoms with Crippen LogP contribution in [0.5, 0.6) is 0 Å². The van der Waals surface area contributed by atoms with Crippen molar-refractivity contribution in [3.63, 3.8) is 0 Å². The molecule has 3 N–H and O–H groups in total. The van der Waals surface area contributed by atoms with Crippen molar-refractivity contribution in [1.29, 1.82) is 0 Å². The second kappa shape index (κ2) is 6.16. The summed E-state index contributed by atoms with van der Waals surface area (Å²) in [4.78, 5) is 4.26. The highest BCUT2D eigenvalue weighted by molar-refractivity contribution is 6.30. The molecule has 0 saturated heterocycles. The number of nitrogens with two attached hydrogens (primary N) is 1. The molecule has 1 atom stereocenters. The van der Waals surface area contributed by atoms with E-state index in [2.05, 4.69) is 10.4 Å². The lowest BCUT2D eigenvalue weighted by Gasteiger charge is -2.15. The van der Waals surface area contributed by atoms with E-state index in [9.17, 15) is 0 Å². The van der Waals surface area contributed by atoms with Gasteiger partial charge in [0.1, 0.15) is 0 Å². The largest absolute Gasteiger partial charge is 0.271 e. The summed E-state index contributed by atoms with van der Waals surface area (Å²) in [6.07, 6.45) is 2.32. The lowest BCUT2D eigenvalue weighted by molar-refractivity contribution is 0.538. The zero-order valence-electron chi connectivity index (χ0n) is 9.61. The third-order valence-electron chi connectivity index (χ3n) is 2.64. The predicted octanol–water partition coefficient (Wildman–Crippen LogP) is 3.14. The van der Waals surface area contributed by atoms with Crippen LogP contribution < -0.4 is 11.3 Å². The molecule has 2 aromatic rings. The van der Waals surface area contributed by atoms with Gasteiger partial charge in [-0.25, -0.2) is 0 Å². The summed E-state index contributed by atoms with van der Waals surface area (Å²) in [6.45, 7) is 0. The first-order valence-corrected chi connectivity index (χ1v) is 6.26. The number of hydrogen-bond donors (Lipinski definition) is 2. The average molecular weight is 282 g/mol. The summed E-state index contributed by atoms with van der Waals surface area (Å²) in [5.74, 6) is 5.57. The van der Waals surface area contributed by atoms with Crippen LogP contribution in [0, 0.1) is 0 Å². The first kappa shape index (κ1) is 13.3. The minimum absolute atomic E-state index is 0.0688. The van der Waals surface area contributed by atoms with Crippen LogP contribution in [0.15, 0.2) is 42.6 Å². The average Bonchev–Trinajstić information content (AvgIpc) is 2.37. The van der Waals surface area contributed by atoms with Gasteiger partial charge in [0.15, 0.2) is 0 Å². The fourth-order valence-electron chi connectivity index (χ4n) is 1.74. The van der Waals surface area contributed by atoms with Crippen molar-refractivity contribution < 1.29 is 0 Å². The molecule has 1 heterocycles. The van der Waals surface area contributed by atoms with Crippen molar-refractivity contribution in [2.75, 3.05) is 0 Å². The number of benzene rings is 1. The van der Waals surface area contributed by atoms with Gasteiger partial charge in [-0.05, 0) is 36.2 Å². The lowest BCUT2D eigenvalue weighted by Crippen LogP contribution is -2.30. The van der Waals surface area contributed by atoms with Crippen LogP contribution >= 0.6 is 23.2 Å². The number of nitrogens with zero attached hydrogens (tertiary/aromatic N) is 1. The maximum Gasteiger partial charge on any atom is 0.0672 e. The van der Waals surface area contributed by atoms with Crippen LogP contribution in [-0.2, 0) is 6.42 Å². The smallest absolute Gasteiger partial charge is 0.0672 e. The summed E-state index contributed by atoms with van der Waals surface area (Å²) in [6, 6.07) is 11.3. The van der Waals surface area contributed by atoms with Crippen LogP contribution in [0.3, 0.4) is 0 Å². The standard InChI is InChI=1S/C13H13Cl2N3/c14-10-3-1-2-9(6-10)7-13(18-16)12-5-4-11(15)8-17-12/h1-6,8,13,18H,7,16H2. The first-order valence-electron chi connectivity index (χ1n) is 5.51. The fraction of sp³-hybridized carbons (Fsp3) is 0.154. The summed E-state index contributed by atoms with van der Waals surface area (Å²) < 4.78 is 0. The zero-order valence-corrected chi connectivity index (χ0v) is 11.1. The minimum atomic E-state index is -0.0688. The molecule has 1 unspecified atom stereocenters. The van der Waals surface area contributed by atoms with Crippen LogP contribution in [0.25, 0.3) is 0 Å². The SMILES string of the molecule is NNC(Cc1cccc(Cl)c1)c1ccc(Cl)cn1. The molecule has 3 nitrogen and oxygen atoms in total. The Morgan fingerprint density at radius 3 is 2.61 bits per heavy atom. The normalized spacial score (nSPS) is 12.4. The minimum Gasteiger partial charge on any atom is -0.271 e. The van der Waals surface area contributed by atoms with Gasteiger partial charge in [0, 0.05) is 11.2 Å². The van der Waals surface area contributed by atoms with Crippen LogP contribution in [0.2, 0.25) is 10.0 Å². The topological polar surface area (TPSA) is 50.9 Å². The predicted molar refractivity (Wildman–Crippen MR) is 74.5 cm³/mol. The van der Waals surface area contributed by atoms with Crippen molar-refractivity contribution in [3.05, 3.63) is 63.9 Å². The molecular formula is C13H13Cl2N3. The number of hydrogen-bond acceptors (Lipinski definition) is 3. The molecular weight excluding hydrogens is 269 g/mol. The number of hydrazine groups is 1. The Balaban J connectivity index is 2.17. The van der Waals surface area contributed by atoms with Gasteiger partial charge < -0.3 is 0 Å². The molecule has 5 heteroatoms. The molecule has 0 aliphatic heterocycles. The second-order valence-corrected chi connectivity index (χ2v) is 4.83. The molecule has 0 aliphatic rings. The van der Waals surface area contributed by atoms with E-state index in [0.717, 1.165) is 11.3 Å². The van der Waals surface area contributed by atoms with E-state index in [0.29, 0.717) is 16.5 Å². The second-order valence-electron chi connectivity index (χ2n) is 3.95. The third kappa shape index (κ3) is 3.43. The summed E-state index contributed by atoms with van der Waals surface area (Å²) in [7, 11) is 0. The van der Waals surface area contributed by atoms with Gasteiger partial charge in [0.2, 0.25) is 0 Å². The molecule has 1 aromatic heterocycles. The number of aromatic nitrogens is 1. The van der Waals surface area contributed by atoms with Gasteiger partial charge in [-0.1, -0.05) is 35.3 Å². The molecule has 2 rings (SSSR count). The third-order valence-corrected chi connectivity index (χ3v) is 3.10. The van der Waals surface area contributed by atoms with Gasteiger partial charge in [-0.3, -0.25) is 16.3 Å². The highest BCUT2D eigenvalue weighted by atomic mass is 35.5. The van der Waals surface area contributed by atoms with Crippen LogP contribution in [0.4, 0.5) is 0 Å². The van der Waals surface area contributed by atoms with Gasteiger partial charge >= 0.3 is 0 Å². The van der Waals surface area contributed by atoms with E-state index in [1.54, 1.807) is 12.3 Å². The summed E-state index contributed by atoms with van der Waals surface area (Å²) in [5.41, 5.74) is 4.71. The van der Waals surface area contributed by atoms with E-state index in [1.165, 1.54) is 0 Å². The molecule has 0 amide bonds. The number of pyridine rings is 1. The Labute approximate surface area is 116 Å². The van der Waals surface area contributed by atoms with Crippen molar-refractivity contribution in [1.82, 2.24) is 10.4 Å². The van der Waals surface area contributed by atoms with E-state index in [4.69, 9.17) is 29.0 Å². The molecule has 0 radical (unpaired) electrons. The molecule has 0 aliphatic carbocycles. The van der Waals surface area contributed by atoms with E-state index in [-0.39, 0.29) is 6.04 Å². The number of halogens is 2. The molecule has 0 fully saturated rings. The van der Waals surface area contributed by atoms with Crippen LogP contribution in [0.1, 0.15) is 17.3 Å². The van der Waals surface area contributed by atoms with Gasteiger partial charge in [-0.2, -0.15) is 0 Å². The van der Waals surface area contributed by atoms with E-state index >= 15 is 0 Å². The van der Waals surface area contributed by atoms with Crippen molar-refractivity contribution >= 4 is 23.2 Å². The van der Waals surface area contributed by atoms with Crippen molar-refractivity contribution in [2.24, 2.45) is 5.84 Å². The molecule has 0 spiro atoms. The Hall–Kier alpha value is -1.13. The zero-order chi connectivity index (χ0) is 13.0. The van der Waals surface area contributed by atoms with Gasteiger partial charge in [-0.15, -0.1) is 0 Å². The van der Waals surface area contributed by atoms with E-state index in [1.807, 2.05) is 30.3 Å². The van der Waals surface area contributed by atoms with Crippen molar-refractivity contribution in [3.8, 4) is 0 Å².